The lowest BCUT2D eigenvalue weighted by Gasteiger charge is -2.33. The predicted molar refractivity (Wildman–Crippen MR) is 76.9 cm³/mol. The first-order chi connectivity index (χ1) is 9.19. The first-order valence-corrected chi connectivity index (χ1v) is 7.68. The van der Waals surface area contributed by atoms with Crippen LogP contribution in [-0.2, 0) is 13.1 Å². The third kappa shape index (κ3) is 3.00. The molecule has 4 nitrogen and oxygen atoms in total. The summed E-state index contributed by atoms with van der Waals surface area (Å²) in [5, 5.41) is 8.17. The second kappa shape index (κ2) is 5.25. The largest absolute Gasteiger partial charge is 0.310 e. The first kappa shape index (κ1) is 13.1. The highest BCUT2D eigenvalue weighted by Crippen LogP contribution is 2.40. The van der Waals surface area contributed by atoms with Gasteiger partial charge in [-0.15, -0.1) is 0 Å². The highest BCUT2D eigenvalue weighted by molar-refractivity contribution is 5.06. The second-order valence-corrected chi connectivity index (χ2v) is 6.39. The van der Waals surface area contributed by atoms with E-state index in [-0.39, 0.29) is 0 Å². The molecule has 0 aromatic carbocycles. The van der Waals surface area contributed by atoms with Gasteiger partial charge in [-0.2, -0.15) is 5.10 Å². The van der Waals surface area contributed by atoms with Crippen molar-refractivity contribution in [3.05, 3.63) is 18.0 Å². The summed E-state index contributed by atoms with van der Waals surface area (Å²) in [5.74, 6) is 0.895. The van der Waals surface area contributed by atoms with Crippen LogP contribution in [0.3, 0.4) is 0 Å². The summed E-state index contributed by atoms with van der Waals surface area (Å²) in [5.41, 5.74) is 1.68. The van der Waals surface area contributed by atoms with Gasteiger partial charge in [0, 0.05) is 36.9 Å². The Labute approximate surface area is 116 Å². The molecular formula is C15H26N4. The molecule has 0 radical (unpaired) electrons. The molecule has 1 atom stereocenters. The Kier molecular flexibility index (Phi) is 3.63. The minimum absolute atomic E-state index is 0.331. The van der Waals surface area contributed by atoms with Gasteiger partial charge >= 0.3 is 0 Å². The Morgan fingerprint density at radius 3 is 3.00 bits per heavy atom. The molecule has 2 aliphatic rings. The fraction of sp³-hybridized carbons (Fsp3) is 0.800. The zero-order valence-corrected chi connectivity index (χ0v) is 12.2. The lowest BCUT2D eigenvalue weighted by molar-refractivity contribution is 0.195. The summed E-state index contributed by atoms with van der Waals surface area (Å²) in [4.78, 5) is 2.61. The van der Waals surface area contributed by atoms with Crippen LogP contribution in [0.2, 0.25) is 0 Å². The van der Waals surface area contributed by atoms with Gasteiger partial charge in [0.05, 0.1) is 6.20 Å². The first-order valence-electron chi connectivity index (χ1n) is 7.68. The molecule has 1 saturated carbocycles. The molecule has 3 rings (SSSR count). The van der Waals surface area contributed by atoms with Gasteiger partial charge in [0.2, 0.25) is 0 Å². The van der Waals surface area contributed by atoms with Gasteiger partial charge in [-0.3, -0.25) is 9.58 Å². The van der Waals surface area contributed by atoms with Crippen molar-refractivity contribution in [2.24, 2.45) is 5.92 Å². The summed E-state index contributed by atoms with van der Waals surface area (Å²) >= 11 is 0. The minimum atomic E-state index is 0.331. The highest BCUT2D eigenvalue weighted by atomic mass is 15.3. The third-order valence-corrected chi connectivity index (χ3v) is 4.63. The van der Waals surface area contributed by atoms with Crippen LogP contribution in [-0.4, -0.2) is 39.9 Å². The molecule has 19 heavy (non-hydrogen) atoms. The van der Waals surface area contributed by atoms with Gasteiger partial charge in [0.15, 0.2) is 0 Å². The lowest BCUT2D eigenvalue weighted by Crippen LogP contribution is -2.50. The van der Waals surface area contributed by atoms with Crippen molar-refractivity contribution < 1.29 is 0 Å². The Hall–Kier alpha value is -0.870. The number of nitrogens with one attached hydrogen (secondary N) is 1. The maximum Gasteiger partial charge on any atom is 0.0534 e. The average molecular weight is 262 g/mol. The zero-order chi connectivity index (χ0) is 13.3. The van der Waals surface area contributed by atoms with E-state index in [2.05, 4.69) is 35.4 Å². The molecule has 0 amide bonds. The molecule has 2 fully saturated rings. The average Bonchev–Trinajstić information content (AvgIpc) is 3.18. The van der Waals surface area contributed by atoms with Crippen molar-refractivity contribution in [1.29, 1.82) is 0 Å². The number of nitrogens with zero attached hydrogens (tertiary/aromatic N) is 3. The standard InChI is InChI=1S/C15H26N4/c1-3-19-11-13(9-17-19)10-18-8-4-7-16-15(2,12-18)14-5-6-14/h9,11,14,16H,3-8,10,12H2,1-2H3. The molecule has 1 aromatic rings. The normalized spacial score (nSPS) is 29.4. The molecular weight excluding hydrogens is 236 g/mol. The Balaban J connectivity index is 1.65. The van der Waals surface area contributed by atoms with E-state index in [0.717, 1.165) is 25.6 Å². The number of rotatable bonds is 4. The summed E-state index contributed by atoms with van der Waals surface area (Å²) in [6, 6.07) is 0. The lowest BCUT2D eigenvalue weighted by atomic mass is 9.95. The van der Waals surface area contributed by atoms with E-state index in [1.165, 1.54) is 37.9 Å². The van der Waals surface area contributed by atoms with Crippen molar-refractivity contribution in [3.63, 3.8) is 0 Å². The summed E-state index contributed by atoms with van der Waals surface area (Å²) in [7, 11) is 0. The van der Waals surface area contributed by atoms with Gasteiger partial charge in [0.25, 0.3) is 0 Å². The Bertz CT molecular complexity index is 424. The van der Waals surface area contributed by atoms with E-state index >= 15 is 0 Å². The van der Waals surface area contributed by atoms with Gasteiger partial charge in [0.1, 0.15) is 0 Å². The van der Waals surface area contributed by atoms with E-state index in [4.69, 9.17) is 0 Å². The SMILES string of the molecule is CCn1cc(CN2CCCNC(C)(C3CC3)C2)cn1. The maximum absolute atomic E-state index is 4.38. The fourth-order valence-electron chi connectivity index (χ4n) is 3.32. The second-order valence-electron chi connectivity index (χ2n) is 6.39. The van der Waals surface area contributed by atoms with Crippen molar-refractivity contribution in [2.75, 3.05) is 19.6 Å². The topological polar surface area (TPSA) is 33.1 Å². The van der Waals surface area contributed by atoms with E-state index in [0.29, 0.717) is 5.54 Å². The molecule has 1 aliphatic carbocycles. The number of aromatic nitrogens is 2. The quantitative estimate of drug-likeness (QED) is 0.899. The van der Waals surface area contributed by atoms with Crippen molar-refractivity contribution in [2.45, 2.75) is 51.7 Å². The Morgan fingerprint density at radius 2 is 2.32 bits per heavy atom. The summed E-state index contributed by atoms with van der Waals surface area (Å²) in [6.45, 7) is 10.1. The van der Waals surface area contributed by atoms with Crippen molar-refractivity contribution in [1.82, 2.24) is 20.0 Å². The number of hydrogen-bond acceptors (Lipinski definition) is 3. The van der Waals surface area contributed by atoms with Gasteiger partial charge < -0.3 is 5.32 Å². The highest BCUT2D eigenvalue weighted by Gasteiger charge is 2.42. The van der Waals surface area contributed by atoms with Crippen LogP contribution >= 0.6 is 0 Å². The zero-order valence-electron chi connectivity index (χ0n) is 12.2. The number of aryl methyl sites for hydroxylation is 1. The predicted octanol–water partition coefficient (Wildman–Crippen LogP) is 1.87. The third-order valence-electron chi connectivity index (χ3n) is 4.63. The molecule has 1 aromatic heterocycles. The molecule has 1 aliphatic heterocycles. The van der Waals surface area contributed by atoms with Gasteiger partial charge in [-0.05, 0) is 52.1 Å². The van der Waals surface area contributed by atoms with Crippen molar-refractivity contribution >= 4 is 0 Å². The number of hydrogen-bond donors (Lipinski definition) is 1. The van der Waals surface area contributed by atoms with Crippen LogP contribution in [0.15, 0.2) is 12.4 Å². The molecule has 2 heterocycles. The van der Waals surface area contributed by atoms with E-state index < -0.39 is 0 Å². The van der Waals surface area contributed by atoms with E-state index in [9.17, 15) is 0 Å². The minimum Gasteiger partial charge on any atom is -0.310 e. The molecule has 1 N–H and O–H groups in total. The van der Waals surface area contributed by atoms with E-state index in [1.54, 1.807) is 0 Å². The molecule has 106 valence electrons. The van der Waals surface area contributed by atoms with Crippen LogP contribution in [0.1, 0.15) is 38.7 Å². The summed E-state index contributed by atoms with van der Waals surface area (Å²) in [6.07, 6.45) is 8.28. The van der Waals surface area contributed by atoms with Crippen LogP contribution < -0.4 is 5.32 Å². The fourth-order valence-corrected chi connectivity index (χ4v) is 3.32. The smallest absolute Gasteiger partial charge is 0.0534 e. The molecule has 1 unspecified atom stereocenters. The van der Waals surface area contributed by atoms with E-state index in [1.807, 2.05) is 10.9 Å². The van der Waals surface area contributed by atoms with Crippen LogP contribution in [0.25, 0.3) is 0 Å². The van der Waals surface area contributed by atoms with Gasteiger partial charge in [-0.1, -0.05) is 0 Å². The Morgan fingerprint density at radius 1 is 1.47 bits per heavy atom. The molecule has 0 spiro atoms. The summed E-state index contributed by atoms with van der Waals surface area (Å²) < 4.78 is 2.02. The molecule has 0 bridgehead atoms. The van der Waals surface area contributed by atoms with Gasteiger partial charge in [-0.25, -0.2) is 0 Å². The monoisotopic (exact) mass is 262 g/mol. The molecule has 1 saturated heterocycles. The van der Waals surface area contributed by atoms with Crippen molar-refractivity contribution in [3.8, 4) is 0 Å². The maximum atomic E-state index is 4.38. The van der Waals surface area contributed by atoms with Crippen LogP contribution in [0, 0.1) is 5.92 Å². The molecule has 4 heteroatoms. The van der Waals surface area contributed by atoms with Crippen LogP contribution in [0.4, 0.5) is 0 Å². The van der Waals surface area contributed by atoms with Crippen LogP contribution in [0.5, 0.6) is 0 Å².